The molecule has 18 heavy (non-hydrogen) atoms. The van der Waals surface area contributed by atoms with E-state index in [1.165, 1.54) is 25.7 Å². The Balaban J connectivity index is 0. The fourth-order valence-corrected chi connectivity index (χ4v) is 1.88. The fourth-order valence-electron chi connectivity index (χ4n) is 1.88. The van der Waals surface area contributed by atoms with Crippen LogP contribution in [0.1, 0.15) is 60.3 Å². The Labute approximate surface area is 131 Å². The van der Waals surface area contributed by atoms with Crippen LogP contribution in [-0.2, 0) is 0 Å². The molecule has 0 aliphatic carbocycles. The summed E-state index contributed by atoms with van der Waals surface area (Å²) in [7, 11) is 0. The van der Waals surface area contributed by atoms with Gasteiger partial charge in [0, 0.05) is 19.6 Å². The molecule has 0 spiro atoms. The van der Waals surface area contributed by atoms with Crippen LogP contribution in [0.3, 0.4) is 0 Å². The van der Waals surface area contributed by atoms with Crippen molar-refractivity contribution in [2.45, 2.75) is 60.3 Å². The van der Waals surface area contributed by atoms with Gasteiger partial charge in [-0.1, -0.05) is 40.0 Å². The highest BCUT2D eigenvalue weighted by Gasteiger charge is 2.17. The zero-order valence-corrected chi connectivity index (χ0v) is 15.2. The van der Waals surface area contributed by atoms with Crippen LogP contribution >= 0.6 is 24.0 Å². The number of nitrogens with two attached hydrogens (primary N) is 1. The summed E-state index contributed by atoms with van der Waals surface area (Å²) in [6.45, 7) is 13.7. The monoisotopic (exact) mass is 369 g/mol. The minimum absolute atomic E-state index is 0. The molecule has 4 heteroatoms. The highest BCUT2D eigenvalue weighted by Crippen LogP contribution is 2.24. The second-order valence-corrected chi connectivity index (χ2v) is 5.47. The van der Waals surface area contributed by atoms with Gasteiger partial charge in [-0.3, -0.25) is 4.99 Å². The van der Waals surface area contributed by atoms with Crippen LogP contribution in [0.25, 0.3) is 0 Å². The molecular weight excluding hydrogens is 337 g/mol. The first kappa shape index (κ1) is 20.3. The maximum absolute atomic E-state index is 5.98. The van der Waals surface area contributed by atoms with Gasteiger partial charge in [-0.2, -0.15) is 0 Å². The summed E-state index contributed by atoms with van der Waals surface area (Å²) in [5.41, 5.74) is 6.25. The van der Waals surface area contributed by atoms with Crippen LogP contribution in [0.2, 0.25) is 0 Å². The van der Waals surface area contributed by atoms with E-state index in [2.05, 4.69) is 44.5 Å². The third-order valence-electron chi connectivity index (χ3n) is 3.21. The van der Waals surface area contributed by atoms with E-state index in [-0.39, 0.29) is 29.4 Å². The van der Waals surface area contributed by atoms with E-state index >= 15 is 0 Å². The van der Waals surface area contributed by atoms with Crippen molar-refractivity contribution in [3.8, 4) is 0 Å². The van der Waals surface area contributed by atoms with Gasteiger partial charge < -0.3 is 10.6 Å². The lowest BCUT2D eigenvalue weighted by atomic mass is 9.87. The number of guanidine groups is 1. The molecule has 0 saturated heterocycles. The molecule has 0 aromatic heterocycles. The Hall–Kier alpha value is 0. The smallest absolute Gasteiger partial charge is 0.191 e. The number of rotatable bonds is 8. The van der Waals surface area contributed by atoms with Crippen molar-refractivity contribution in [3.63, 3.8) is 0 Å². The first-order chi connectivity index (χ1) is 7.96. The maximum Gasteiger partial charge on any atom is 0.191 e. The Bertz CT molecular complexity index is 223. The molecule has 0 aromatic carbocycles. The van der Waals surface area contributed by atoms with E-state index in [1.807, 2.05) is 0 Å². The largest absolute Gasteiger partial charge is 0.370 e. The third kappa shape index (κ3) is 9.00. The average molecular weight is 369 g/mol. The normalized spacial score (nSPS) is 12.2. The van der Waals surface area contributed by atoms with Crippen LogP contribution in [0.4, 0.5) is 0 Å². The van der Waals surface area contributed by atoms with Gasteiger partial charge in [-0.05, 0) is 25.7 Å². The molecule has 0 aromatic rings. The zero-order valence-electron chi connectivity index (χ0n) is 12.8. The Kier molecular flexibility index (Phi) is 12.3. The van der Waals surface area contributed by atoms with Crippen LogP contribution in [-0.4, -0.2) is 30.5 Å². The molecule has 0 unspecified atom stereocenters. The van der Waals surface area contributed by atoms with Gasteiger partial charge in [0.05, 0.1) is 0 Å². The molecule has 0 atom stereocenters. The SMILES string of the molecule is CCCCCC(C)(C)CN=C(N)N(CC)CC.I. The topological polar surface area (TPSA) is 41.6 Å². The quantitative estimate of drug-likeness (QED) is 0.305. The fraction of sp³-hybridized carbons (Fsp3) is 0.929. The Morgan fingerprint density at radius 1 is 1.11 bits per heavy atom. The minimum Gasteiger partial charge on any atom is -0.370 e. The molecule has 110 valence electrons. The second-order valence-electron chi connectivity index (χ2n) is 5.47. The lowest BCUT2D eigenvalue weighted by molar-refractivity contribution is 0.330. The molecule has 0 saturated carbocycles. The summed E-state index contributed by atoms with van der Waals surface area (Å²) in [6, 6.07) is 0. The molecule has 0 amide bonds. The Morgan fingerprint density at radius 2 is 1.67 bits per heavy atom. The summed E-state index contributed by atoms with van der Waals surface area (Å²) in [5.74, 6) is 0.693. The van der Waals surface area contributed by atoms with Crippen molar-refractivity contribution in [1.29, 1.82) is 0 Å². The van der Waals surface area contributed by atoms with Crippen molar-refractivity contribution in [2.75, 3.05) is 19.6 Å². The third-order valence-corrected chi connectivity index (χ3v) is 3.21. The molecule has 0 aliphatic heterocycles. The van der Waals surface area contributed by atoms with Crippen LogP contribution in [0.15, 0.2) is 4.99 Å². The molecule has 0 aliphatic rings. The summed E-state index contributed by atoms with van der Waals surface area (Å²) >= 11 is 0. The van der Waals surface area contributed by atoms with Gasteiger partial charge in [0.25, 0.3) is 0 Å². The highest BCUT2D eigenvalue weighted by atomic mass is 127. The number of unbranched alkanes of at least 4 members (excludes halogenated alkanes) is 2. The van der Waals surface area contributed by atoms with E-state index < -0.39 is 0 Å². The summed E-state index contributed by atoms with van der Waals surface area (Å²) < 4.78 is 0. The second kappa shape index (κ2) is 10.9. The van der Waals surface area contributed by atoms with Gasteiger partial charge in [0.1, 0.15) is 0 Å². The highest BCUT2D eigenvalue weighted by molar-refractivity contribution is 14.0. The number of nitrogens with zero attached hydrogens (tertiary/aromatic N) is 2. The van der Waals surface area contributed by atoms with Gasteiger partial charge in [0.2, 0.25) is 0 Å². The number of hydrogen-bond donors (Lipinski definition) is 1. The molecular formula is C14H32IN3. The van der Waals surface area contributed by atoms with E-state index in [0.717, 1.165) is 19.6 Å². The molecule has 0 radical (unpaired) electrons. The van der Waals surface area contributed by atoms with Gasteiger partial charge in [-0.25, -0.2) is 0 Å². The molecule has 3 nitrogen and oxygen atoms in total. The molecule has 0 heterocycles. The lowest BCUT2D eigenvalue weighted by Gasteiger charge is -2.24. The van der Waals surface area contributed by atoms with E-state index in [4.69, 9.17) is 5.73 Å². The van der Waals surface area contributed by atoms with Crippen LogP contribution < -0.4 is 5.73 Å². The lowest BCUT2D eigenvalue weighted by Crippen LogP contribution is -2.37. The predicted octanol–water partition coefficient (Wildman–Crippen LogP) is 3.87. The predicted molar refractivity (Wildman–Crippen MR) is 92.7 cm³/mol. The van der Waals surface area contributed by atoms with Gasteiger partial charge in [-0.15, -0.1) is 24.0 Å². The van der Waals surface area contributed by atoms with Crippen molar-refractivity contribution in [1.82, 2.24) is 4.90 Å². The summed E-state index contributed by atoms with van der Waals surface area (Å²) in [4.78, 5) is 6.64. The molecule has 2 N–H and O–H groups in total. The average Bonchev–Trinajstić information content (AvgIpc) is 2.28. The number of halogens is 1. The summed E-state index contributed by atoms with van der Waals surface area (Å²) in [6.07, 6.45) is 5.12. The maximum atomic E-state index is 5.98. The van der Waals surface area contributed by atoms with Crippen LogP contribution in [0, 0.1) is 5.41 Å². The van der Waals surface area contributed by atoms with Crippen molar-refractivity contribution < 1.29 is 0 Å². The zero-order chi connectivity index (χ0) is 13.3. The van der Waals surface area contributed by atoms with Gasteiger partial charge in [0.15, 0.2) is 5.96 Å². The number of aliphatic imine (C=N–C) groups is 1. The van der Waals surface area contributed by atoms with Crippen molar-refractivity contribution >= 4 is 29.9 Å². The molecule has 0 rings (SSSR count). The van der Waals surface area contributed by atoms with Crippen molar-refractivity contribution in [3.05, 3.63) is 0 Å². The number of hydrogen-bond acceptors (Lipinski definition) is 1. The molecule has 0 fully saturated rings. The Morgan fingerprint density at radius 3 is 2.11 bits per heavy atom. The van der Waals surface area contributed by atoms with E-state index in [9.17, 15) is 0 Å². The van der Waals surface area contributed by atoms with E-state index in [1.54, 1.807) is 0 Å². The first-order valence-electron chi connectivity index (χ1n) is 7.01. The van der Waals surface area contributed by atoms with Crippen LogP contribution in [0.5, 0.6) is 0 Å². The molecule has 0 bridgehead atoms. The minimum atomic E-state index is 0. The van der Waals surface area contributed by atoms with Crippen molar-refractivity contribution in [2.24, 2.45) is 16.1 Å². The van der Waals surface area contributed by atoms with Gasteiger partial charge >= 0.3 is 0 Å². The summed E-state index contributed by atoms with van der Waals surface area (Å²) in [5, 5.41) is 0. The standard InChI is InChI=1S/C14H31N3.HI/c1-6-9-10-11-14(4,5)12-16-13(15)17(7-2)8-3;/h6-12H2,1-5H3,(H2,15,16);1H. The van der Waals surface area contributed by atoms with E-state index in [0.29, 0.717) is 5.96 Å². The first-order valence-corrected chi connectivity index (χ1v) is 7.01.